The summed E-state index contributed by atoms with van der Waals surface area (Å²) in [6.45, 7) is 0. The number of benzene rings is 1. The summed E-state index contributed by atoms with van der Waals surface area (Å²) in [4.78, 5) is 41.5. The van der Waals surface area contributed by atoms with Gasteiger partial charge in [-0.25, -0.2) is 0 Å². The zero-order valence-corrected chi connectivity index (χ0v) is 19.1. The second kappa shape index (κ2) is 8.20. The summed E-state index contributed by atoms with van der Waals surface area (Å²) in [6, 6.07) is 7.20. The lowest BCUT2D eigenvalue weighted by molar-refractivity contribution is -0.142. The van der Waals surface area contributed by atoms with Crippen LogP contribution in [-0.2, 0) is 16.6 Å². The van der Waals surface area contributed by atoms with Crippen molar-refractivity contribution in [2.45, 2.75) is 56.7 Å². The van der Waals surface area contributed by atoms with Gasteiger partial charge >= 0.3 is 0 Å². The number of nitrogens with zero attached hydrogens (tertiary/aromatic N) is 4. The normalized spacial score (nSPS) is 24.5. The molecule has 3 fully saturated rings. The molecule has 0 saturated carbocycles. The van der Waals surface area contributed by atoms with Gasteiger partial charge in [-0.2, -0.15) is 5.10 Å². The van der Waals surface area contributed by atoms with E-state index in [9.17, 15) is 14.4 Å². The van der Waals surface area contributed by atoms with E-state index in [1.54, 1.807) is 32.0 Å². The smallest absolute Gasteiger partial charge is 0.272 e. The van der Waals surface area contributed by atoms with E-state index in [-0.39, 0.29) is 35.8 Å². The van der Waals surface area contributed by atoms with Crippen molar-refractivity contribution in [1.82, 2.24) is 19.6 Å². The van der Waals surface area contributed by atoms with Gasteiger partial charge in [0.15, 0.2) is 0 Å². The van der Waals surface area contributed by atoms with E-state index in [2.05, 4.69) is 5.10 Å². The van der Waals surface area contributed by atoms with Crippen molar-refractivity contribution < 1.29 is 23.9 Å². The molecule has 0 aliphatic carbocycles. The van der Waals surface area contributed by atoms with Gasteiger partial charge in [0.2, 0.25) is 11.8 Å². The molecule has 0 spiro atoms. The molecule has 5 rings (SSSR count). The minimum atomic E-state index is -0.0998. The van der Waals surface area contributed by atoms with Crippen molar-refractivity contribution in [2.24, 2.45) is 7.05 Å². The standard InChI is InChI=1S/C24H28N4O5/c1-26-20(13-19(25-26)18-12-17(32-2)6-7-21(18)33-3)24(31)27-14-4-5-15(27)11-16(10-14)28-22(29)8-9-23(28)30/h6-7,12-16H,4-5,8-11H2,1-3H3. The maximum atomic E-state index is 13.6. The van der Waals surface area contributed by atoms with Crippen molar-refractivity contribution in [3.05, 3.63) is 30.0 Å². The molecule has 1 aromatic heterocycles. The van der Waals surface area contributed by atoms with Gasteiger partial charge in [-0.1, -0.05) is 0 Å². The molecule has 0 radical (unpaired) electrons. The number of likely N-dealkylation sites (tertiary alicyclic amines) is 1. The maximum absolute atomic E-state index is 13.6. The Hall–Kier alpha value is -3.36. The van der Waals surface area contributed by atoms with E-state index in [1.165, 1.54) is 4.90 Å². The van der Waals surface area contributed by atoms with Gasteiger partial charge < -0.3 is 14.4 Å². The number of imide groups is 1. The van der Waals surface area contributed by atoms with Crippen LogP contribution in [0.15, 0.2) is 24.3 Å². The van der Waals surface area contributed by atoms with E-state index < -0.39 is 0 Å². The highest BCUT2D eigenvalue weighted by molar-refractivity contribution is 6.02. The van der Waals surface area contributed by atoms with Crippen LogP contribution < -0.4 is 9.47 Å². The number of piperidine rings is 1. The number of amides is 3. The molecule has 3 aliphatic rings. The van der Waals surface area contributed by atoms with Crippen molar-refractivity contribution in [3.8, 4) is 22.8 Å². The van der Waals surface area contributed by atoms with Gasteiger partial charge in [0.1, 0.15) is 17.2 Å². The average molecular weight is 453 g/mol. The fourth-order valence-electron chi connectivity index (χ4n) is 5.64. The summed E-state index contributed by atoms with van der Waals surface area (Å²) in [5.74, 6) is 1.10. The summed E-state index contributed by atoms with van der Waals surface area (Å²) < 4.78 is 12.4. The number of carbonyl (C=O) groups is 3. The minimum absolute atomic E-state index is 0.0205. The number of hydrogen-bond donors (Lipinski definition) is 0. The quantitative estimate of drug-likeness (QED) is 0.647. The monoisotopic (exact) mass is 452 g/mol. The Morgan fingerprint density at radius 2 is 1.64 bits per heavy atom. The van der Waals surface area contributed by atoms with Gasteiger partial charge in [0.25, 0.3) is 5.91 Å². The highest BCUT2D eigenvalue weighted by atomic mass is 16.5. The third-order valence-electron chi connectivity index (χ3n) is 7.18. The zero-order valence-electron chi connectivity index (χ0n) is 19.1. The van der Waals surface area contributed by atoms with Crippen LogP contribution in [0.2, 0.25) is 0 Å². The van der Waals surface area contributed by atoms with Crippen LogP contribution in [0.4, 0.5) is 0 Å². The first-order valence-electron chi connectivity index (χ1n) is 11.3. The van der Waals surface area contributed by atoms with Crippen molar-refractivity contribution >= 4 is 17.7 Å². The van der Waals surface area contributed by atoms with Gasteiger partial charge in [-0.3, -0.25) is 24.0 Å². The molecule has 4 heterocycles. The maximum Gasteiger partial charge on any atom is 0.272 e. The average Bonchev–Trinajstić information content (AvgIpc) is 3.45. The Morgan fingerprint density at radius 1 is 0.970 bits per heavy atom. The zero-order chi connectivity index (χ0) is 23.3. The summed E-state index contributed by atoms with van der Waals surface area (Å²) in [7, 11) is 4.96. The lowest BCUT2D eigenvalue weighted by atomic mass is 9.95. The second-order valence-electron chi connectivity index (χ2n) is 8.98. The Bertz CT molecular complexity index is 1100. The van der Waals surface area contributed by atoms with Crippen LogP contribution >= 0.6 is 0 Å². The van der Waals surface area contributed by atoms with E-state index >= 15 is 0 Å². The molecule has 2 bridgehead atoms. The van der Waals surface area contributed by atoms with E-state index in [4.69, 9.17) is 9.47 Å². The Morgan fingerprint density at radius 3 is 2.24 bits per heavy atom. The Labute approximate surface area is 192 Å². The van der Waals surface area contributed by atoms with Gasteiger partial charge in [-0.15, -0.1) is 0 Å². The first-order valence-corrected chi connectivity index (χ1v) is 11.3. The van der Waals surface area contributed by atoms with E-state index in [1.807, 2.05) is 23.1 Å². The van der Waals surface area contributed by atoms with Crippen molar-refractivity contribution in [1.29, 1.82) is 0 Å². The van der Waals surface area contributed by atoms with E-state index in [0.29, 0.717) is 48.6 Å². The van der Waals surface area contributed by atoms with Crippen LogP contribution in [0.25, 0.3) is 11.3 Å². The van der Waals surface area contributed by atoms with Gasteiger partial charge in [-0.05, 0) is 49.9 Å². The van der Waals surface area contributed by atoms with Gasteiger partial charge in [0, 0.05) is 43.6 Å². The highest BCUT2D eigenvalue weighted by Crippen LogP contribution is 2.40. The number of methoxy groups -OCH3 is 2. The lowest BCUT2D eigenvalue weighted by Gasteiger charge is -2.41. The highest BCUT2D eigenvalue weighted by Gasteiger charge is 2.48. The third kappa shape index (κ3) is 3.55. The SMILES string of the molecule is COc1ccc(OC)c(-c2cc(C(=O)N3C4CCC3CC(N3C(=O)CCC3=O)C4)n(C)n2)c1. The van der Waals surface area contributed by atoms with Crippen LogP contribution in [0.5, 0.6) is 11.5 Å². The predicted octanol–water partition coefficient (Wildman–Crippen LogP) is 2.39. The molecule has 9 heteroatoms. The molecule has 9 nitrogen and oxygen atoms in total. The fourth-order valence-corrected chi connectivity index (χ4v) is 5.64. The van der Waals surface area contributed by atoms with Crippen molar-refractivity contribution in [3.63, 3.8) is 0 Å². The molecule has 0 N–H and O–H groups in total. The molecule has 174 valence electrons. The number of fused-ring (bicyclic) bond motifs is 2. The van der Waals surface area contributed by atoms with Crippen LogP contribution in [0.3, 0.4) is 0 Å². The number of carbonyl (C=O) groups excluding carboxylic acids is 3. The Balaban J connectivity index is 1.40. The summed E-state index contributed by atoms with van der Waals surface area (Å²) in [5, 5.41) is 4.59. The fraction of sp³-hybridized carbons (Fsp3) is 0.500. The van der Waals surface area contributed by atoms with Crippen LogP contribution in [-0.4, -0.2) is 69.6 Å². The Kier molecular flexibility index (Phi) is 5.34. The topological polar surface area (TPSA) is 94.0 Å². The molecule has 33 heavy (non-hydrogen) atoms. The number of aromatic nitrogens is 2. The number of hydrogen-bond acceptors (Lipinski definition) is 6. The molecular weight excluding hydrogens is 424 g/mol. The number of ether oxygens (including phenoxy) is 2. The minimum Gasteiger partial charge on any atom is -0.497 e. The summed E-state index contributed by atoms with van der Waals surface area (Å²) in [6.07, 6.45) is 3.68. The predicted molar refractivity (Wildman–Crippen MR) is 119 cm³/mol. The molecular formula is C24H28N4O5. The first-order chi connectivity index (χ1) is 15.9. The molecule has 3 amide bonds. The first kappa shape index (κ1) is 21.5. The molecule has 2 unspecified atom stereocenters. The molecule has 2 aromatic rings. The third-order valence-corrected chi connectivity index (χ3v) is 7.18. The summed E-state index contributed by atoms with van der Waals surface area (Å²) >= 11 is 0. The summed E-state index contributed by atoms with van der Waals surface area (Å²) in [5.41, 5.74) is 1.88. The molecule has 3 saturated heterocycles. The van der Waals surface area contributed by atoms with Crippen LogP contribution in [0, 0.1) is 0 Å². The lowest BCUT2D eigenvalue weighted by Crippen LogP contribution is -2.53. The molecule has 3 aliphatic heterocycles. The number of rotatable bonds is 5. The number of aryl methyl sites for hydroxylation is 1. The largest absolute Gasteiger partial charge is 0.497 e. The molecule has 1 aromatic carbocycles. The second-order valence-corrected chi connectivity index (χ2v) is 8.98. The van der Waals surface area contributed by atoms with Gasteiger partial charge in [0.05, 0.1) is 19.9 Å². The van der Waals surface area contributed by atoms with Crippen molar-refractivity contribution in [2.75, 3.05) is 14.2 Å². The molecule has 2 atom stereocenters. The van der Waals surface area contributed by atoms with Crippen LogP contribution in [0.1, 0.15) is 49.0 Å². The van der Waals surface area contributed by atoms with E-state index in [0.717, 1.165) is 18.4 Å².